The first-order chi connectivity index (χ1) is 7.54. The Morgan fingerprint density at radius 3 is 2.75 bits per heavy atom. The molecule has 1 amide bonds. The van der Waals surface area contributed by atoms with Crippen molar-refractivity contribution in [1.29, 1.82) is 0 Å². The second-order valence-electron chi connectivity index (χ2n) is 3.55. The molecule has 0 aliphatic rings. The maximum absolute atomic E-state index is 11.4. The summed E-state index contributed by atoms with van der Waals surface area (Å²) < 4.78 is 0. The number of non-ortho nitro benzene ring substituents is 1. The number of hydrogen-bond donors (Lipinski definition) is 1. The molecule has 16 heavy (non-hydrogen) atoms. The largest absolute Gasteiger partial charge is 0.326 e. The zero-order valence-electron chi connectivity index (χ0n) is 9.32. The molecule has 5 nitrogen and oxygen atoms in total. The van der Waals surface area contributed by atoms with Gasteiger partial charge in [0.05, 0.1) is 10.6 Å². The molecule has 0 aliphatic heterocycles. The third-order valence-electron chi connectivity index (χ3n) is 2.18. The Morgan fingerprint density at radius 2 is 2.19 bits per heavy atom. The summed E-state index contributed by atoms with van der Waals surface area (Å²) in [5, 5.41) is 13.2. The predicted octanol–water partition coefficient (Wildman–Crippen LogP) is 2.64. The van der Waals surface area contributed by atoms with Gasteiger partial charge < -0.3 is 5.32 Å². The normalized spacial score (nSPS) is 9.88. The van der Waals surface area contributed by atoms with E-state index in [0.717, 1.165) is 12.0 Å². The van der Waals surface area contributed by atoms with Crippen molar-refractivity contribution in [3.05, 3.63) is 33.9 Å². The van der Waals surface area contributed by atoms with Gasteiger partial charge in [-0.3, -0.25) is 14.9 Å². The third-order valence-corrected chi connectivity index (χ3v) is 2.18. The van der Waals surface area contributed by atoms with Gasteiger partial charge in [0.2, 0.25) is 5.91 Å². The Bertz CT molecular complexity index is 416. The highest BCUT2D eigenvalue weighted by Gasteiger charge is 2.10. The first-order valence-electron chi connectivity index (χ1n) is 5.09. The standard InChI is InChI=1S/C11H14N2O3/c1-3-4-11(14)12-10-7-9(13(15)16)6-5-8(10)2/h5-7H,3-4H2,1-2H3,(H,12,14). The molecule has 1 N–H and O–H groups in total. The van der Waals surface area contributed by atoms with Gasteiger partial charge in [-0.15, -0.1) is 0 Å². The van der Waals surface area contributed by atoms with Crippen LogP contribution < -0.4 is 5.32 Å². The number of rotatable bonds is 4. The van der Waals surface area contributed by atoms with Crippen LogP contribution in [0.2, 0.25) is 0 Å². The zero-order valence-corrected chi connectivity index (χ0v) is 9.32. The van der Waals surface area contributed by atoms with Crippen LogP contribution in [0.3, 0.4) is 0 Å². The van der Waals surface area contributed by atoms with Crippen LogP contribution in [-0.2, 0) is 4.79 Å². The molecule has 0 fully saturated rings. The van der Waals surface area contributed by atoms with Crippen LogP contribution in [0.4, 0.5) is 11.4 Å². The average molecular weight is 222 g/mol. The molecule has 0 saturated carbocycles. The molecule has 0 aromatic heterocycles. The second-order valence-corrected chi connectivity index (χ2v) is 3.55. The maximum Gasteiger partial charge on any atom is 0.271 e. The Labute approximate surface area is 93.6 Å². The van der Waals surface area contributed by atoms with E-state index in [0.29, 0.717) is 12.1 Å². The molecule has 0 spiro atoms. The first-order valence-corrected chi connectivity index (χ1v) is 5.09. The van der Waals surface area contributed by atoms with Crippen molar-refractivity contribution >= 4 is 17.3 Å². The first kappa shape index (κ1) is 12.2. The van der Waals surface area contributed by atoms with Crippen LogP contribution in [-0.4, -0.2) is 10.8 Å². The number of benzene rings is 1. The summed E-state index contributed by atoms with van der Waals surface area (Å²) in [4.78, 5) is 21.5. The number of hydrogen-bond acceptors (Lipinski definition) is 3. The van der Waals surface area contributed by atoms with Gasteiger partial charge in [-0.2, -0.15) is 0 Å². The van der Waals surface area contributed by atoms with Gasteiger partial charge in [-0.1, -0.05) is 13.0 Å². The van der Waals surface area contributed by atoms with Gasteiger partial charge in [0.1, 0.15) is 0 Å². The molecule has 0 atom stereocenters. The topological polar surface area (TPSA) is 72.2 Å². The molecule has 1 rings (SSSR count). The minimum absolute atomic E-state index is 0.0163. The molecule has 0 bridgehead atoms. The molecule has 0 radical (unpaired) electrons. The minimum Gasteiger partial charge on any atom is -0.326 e. The number of nitrogens with zero attached hydrogens (tertiary/aromatic N) is 1. The molecule has 1 aromatic carbocycles. The molecule has 0 unspecified atom stereocenters. The van der Waals surface area contributed by atoms with E-state index in [-0.39, 0.29) is 11.6 Å². The summed E-state index contributed by atoms with van der Waals surface area (Å²) in [6.45, 7) is 3.70. The van der Waals surface area contributed by atoms with Crippen molar-refractivity contribution in [2.24, 2.45) is 0 Å². The van der Waals surface area contributed by atoms with Crippen LogP contribution >= 0.6 is 0 Å². The number of amides is 1. The Balaban J connectivity index is 2.90. The number of nitro benzene ring substituents is 1. The van der Waals surface area contributed by atoms with Crippen molar-refractivity contribution in [3.63, 3.8) is 0 Å². The fourth-order valence-corrected chi connectivity index (χ4v) is 1.30. The number of nitro groups is 1. The number of carbonyl (C=O) groups excluding carboxylic acids is 1. The van der Waals surface area contributed by atoms with Crippen LogP contribution in [0, 0.1) is 17.0 Å². The lowest BCUT2D eigenvalue weighted by atomic mass is 10.1. The van der Waals surface area contributed by atoms with E-state index in [1.54, 1.807) is 13.0 Å². The van der Waals surface area contributed by atoms with Crippen LogP contribution in [0.1, 0.15) is 25.3 Å². The van der Waals surface area contributed by atoms with Gasteiger partial charge in [-0.25, -0.2) is 0 Å². The van der Waals surface area contributed by atoms with E-state index in [1.165, 1.54) is 12.1 Å². The summed E-state index contributed by atoms with van der Waals surface area (Å²) in [5.74, 6) is -0.119. The quantitative estimate of drug-likeness (QED) is 0.628. The van der Waals surface area contributed by atoms with Crippen LogP contribution in [0.5, 0.6) is 0 Å². The van der Waals surface area contributed by atoms with E-state index in [4.69, 9.17) is 0 Å². The van der Waals surface area contributed by atoms with Crippen molar-refractivity contribution in [3.8, 4) is 0 Å². The number of aryl methyl sites for hydroxylation is 1. The average Bonchev–Trinajstić information content (AvgIpc) is 2.21. The van der Waals surface area contributed by atoms with E-state index in [2.05, 4.69) is 5.32 Å². The van der Waals surface area contributed by atoms with Gasteiger partial charge in [0.15, 0.2) is 0 Å². The SMILES string of the molecule is CCCC(=O)Nc1cc([N+](=O)[O-])ccc1C. The molecular formula is C11H14N2O3. The van der Waals surface area contributed by atoms with Gasteiger partial charge in [0, 0.05) is 18.6 Å². The van der Waals surface area contributed by atoms with Gasteiger partial charge >= 0.3 is 0 Å². The highest BCUT2D eigenvalue weighted by molar-refractivity contribution is 5.91. The Morgan fingerprint density at radius 1 is 1.50 bits per heavy atom. The number of carbonyl (C=O) groups is 1. The fraction of sp³-hybridized carbons (Fsp3) is 0.364. The Kier molecular flexibility index (Phi) is 3.99. The molecule has 1 aromatic rings. The van der Waals surface area contributed by atoms with E-state index < -0.39 is 4.92 Å². The predicted molar refractivity (Wildman–Crippen MR) is 61.4 cm³/mol. The van der Waals surface area contributed by atoms with Crippen molar-refractivity contribution in [2.75, 3.05) is 5.32 Å². The highest BCUT2D eigenvalue weighted by atomic mass is 16.6. The third kappa shape index (κ3) is 3.05. The summed E-state index contributed by atoms with van der Waals surface area (Å²) in [6, 6.07) is 4.42. The van der Waals surface area contributed by atoms with Gasteiger partial charge in [0.25, 0.3) is 5.69 Å². The van der Waals surface area contributed by atoms with E-state index >= 15 is 0 Å². The zero-order chi connectivity index (χ0) is 12.1. The van der Waals surface area contributed by atoms with Crippen molar-refractivity contribution < 1.29 is 9.72 Å². The van der Waals surface area contributed by atoms with Crippen molar-refractivity contribution in [2.45, 2.75) is 26.7 Å². The number of anilines is 1. The van der Waals surface area contributed by atoms with Gasteiger partial charge in [-0.05, 0) is 18.9 Å². The molecule has 0 aliphatic carbocycles. The molecule has 0 heterocycles. The summed E-state index contributed by atoms with van der Waals surface area (Å²) in [6.07, 6.45) is 1.17. The van der Waals surface area contributed by atoms with Crippen molar-refractivity contribution in [1.82, 2.24) is 0 Å². The minimum atomic E-state index is -0.477. The highest BCUT2D eigenvalue weighted by Crippen LogP contribution is 2.21. The van der Waals surface area contributed by atoms with Crippen LogP contribution in [0.15, 0.2) is 18.2 Å². The van der Waals surface area contributed by atoms with E-state index in [1.807, 2.05) is 6.92 Å². The number of nitrogens with one attached hydrogen (secondary N) is 1. The summed E-state index contributed by atoms with van der Waals surface area (Å²) in [5.41, 5.74) is 1.31. The second kappa shape index (κ2) is 5.25. The van der Waals surface area contributed by atoms with E-state index in [9.17, 15) is 14.9 Å². The Hall–Kier alpha value is -1.91. The monoisotopic (exact) mass is 222 g/mol. The smallest absolute Gasteiger partial charge is 0.271 e. The molecule has 86 valence electrons. The molecular weight excluding hydrogens is 208 g/mol. The fourth-order valence-electron chi connectivity index (χ4n) is 1.30. The maximum atomic E-state index is 11.4. The molecule has 5 heteroatoms. The lowest BCUT2D eigenvalue weighted by Crippen LogP contribution is -2.11. The lowest BCUT2D eigenvalue weighted by molar-refractivity contribution is -0.384. The summed E-state index contributed by atoms with van der Waals surface area (Å²) in [7, 11) is 0. The lowest BCUT2D eigenvalue weighted by Gasteiger charge is -2.07. The summed E-state index contributed by atoms with van der Waals surface area (Å²) >= 11 is 0. The molecule has 0 saturated heterocycles. The van der Waals surface area contributed by atoms with Crippen LogP contribution in [0.25, 0.3) is 0 Å².